The van der Waals surface area contributed by atoms with Crippen molar-refractivity contribution in [1.29, 1.82) is 0 Å². The van der Waals surface area contributed by atoms with E-state index in [9.17, 15) is 0 Å². The molecule has 0 aliphatic heterocycles. The summed E-state index contributed by atoms with van der Waals surface area (Å²) in [6.45, 7) is 5.20. The van der Waals surface area contributed by atoms with E-state index in [-0.39, 0.29) is 0 Å². The van der Waals surface area contributed by atoms with Crippen molar-refractivity contribution in [3.05, 3.63) is 11.6 Å². The molecule has 2 aliphatic rings. The topological polar surface area (TPSA) is 20.2 Å². The Hall–Kier alpha value is -0.300. The van der Waals surface area contributed by atoms with Gasteiger partial charge in [0.05, 0.1) is 0 Å². The summed E-state index contributed by atoms with van der Waals surface area (Å²) in [5, 5.41) is 8.75. The molecule has 0 aromatic carbocycles. The number of rotatable bonds is 4. The second kappa shape index (κ2) is 4.29. The quantitative estimate of drug-likeness (QED) is 0.553. The van der Waals surface area contributed by atoms with Crippen LogP contribution >= 0.6 is 0 Å². The summed E-state index contributed by atoms with van der Waals surface area (Å²) in [6.07, 6.45) is 10.1. The zero-order valence-electron chi connectivity index (χ0n) is 10.1. The van der Waals surface area contributed by atoms with Gasteiger partial charge in [-0.15, -0.1) is 0 Å². The smallest absolute Gasteiger partial charge is 0.0431 e. The van der Waals surface area contributed by atoms with Crippen LogP contribution in [0.1, 0.15) is 52.4 Å². The van der Waals surface area contributed by atoms with Crippen LogP contribution in [0.4, 0.5) is 0 Å². The third-order valence-electron chi connectivity index (χ3n) is 4.61. The van der Waals surface area contributed by atoms with Crippen molar-refractivity contribution >= 4 is 0 Å². The molecule has 0 unspecified atom stereocenters. The van der Waals surface area contributed by atoms with E-state index in [4.69, 9.17) is 5.11 Å². The molecule has 2 aliphatic carbocycles. The summed E-state index contributed by atoms with van der Waals surface area (Å²) in [5.74, 6) is 1.85. The first-order chi connectivity index (χ1) is 7.16. The van der Waals surface area contributed by atoms with Gasteiger partial charge in [0.2, 0.25) is 0 Å². The van der Waals surface area contributed by atoms with Gasteiger partial charge in [-0.1, -0.05) is 25.5 Å². The Kier molecular flexibility index (Phi) is 3.20. The van der Waals surface area contributed by atoms with Crippen LogP contribution in [0, 0.1) is 17.3 Å². The third kappa shape index (κ3) is 1.99. The van der Waals surface area contributed by atoms with Gasteiger partial charge in [-0.2, -0.15) is 0 Å². The molecule has 2 atom stereocenters. The van der Waals surface area contributed by atoms with Gasteiger partial charge < -0.3 is 5.11 Å². The lowest BCUT2D eigenvalue weighted by Gasteiger charge is -2.33. The van der Waals surface area contributed by atoms with Gasteiger partial charge in [-0.25, -0.2) is 0 Å². The Morgan fingerprint density at radius 3 is 2.73 bits per heavy atom. The Balaban J connectivity index is 1.96. The van der Waals surface area contributed by atoms with Crippen LogP contribution < -0.4 is 0 Å². The van der Waals surface area contributed by atoms with Gasteiger partial charge in [-0.05, 0) is 55.8 Å². The Labute approximate surface area is 93.6 Å². The van der Waals surface area contributed by atoms with E-state index in [2.05, 4.69) is 19.9 Å². The lowest BCUT2D eigenvalue weighted by atomic mass is 9.72. The number of aliphatic hydroxyl groups excluding tert-OH is 1. The summed E-state index contributed by atoms with van der Waals surface area (Å²) in [5.41, 5.74) is 2.21. The van der Waals surface area contributed by atoms with Crippen LogP contribution in [0.2, 0.25) is 0 Å². The summed E-state index contributed by atoms with van der Waals surface area (Å²) < 4.78 is 0. The van der Waals surface area contributed by atoms with Crippen molar-refractivity contribution in [2.75, 3.05) is 6.61 Å². The molecular formula is C14H24O. The number of hydrogen-bond donors (Lipinski definition) is 1. The molecule has 86 valence electrons. The summed E-state index contributed by atoms with van der Waals surface area (Å²) >= 11 is 0. The van der Waals surface area contributed by atoms with E-state index in [1.165, 1.54) is 25.7 Å². The average Bonchev–Trinajstić information content (AvgIpc) is 2.73. The van der Waals surface area contributed by atoms with Crippen LogP contribution in [0.5, 0.6) is 0 Å². The Morgan fingerprint density at radius 1 is 1.33 bits per heavy atom. The maximum Gasteiger partial charge on any atom is 0.0431 e. The number of unbranched alkanes of at least 4 members (excludes halogenated alkanes) is 2. The van der Waals surface area contributed by atoms with E-state index in [0.717, 1.165) is 24.7 Å². The van der Waals surface area contributed by atoms with Crippen molar-refractivity contribution in [2.24, 2.45) is 17.3 Å². The summed E-state index contributed by atoms with van der Waals surface area (Å²) in [6, 6.07) is 0. The second-order valence-electron chi connectivity index (χ2n) is 5.81. The second-order valence-corrected chi connectivity index (χ2v) is 5.81. The van der Waals surface area contributed by atoms with E-state index in [0.29, 0.717) is 12.0 Å². The van der Waals surface area contributed by atoms with Crippen LogP contribution in [-0.2, 0) is 0 Å². The molecule has 0 aromatic rings. The fraction of sp³-hybridized carbons (Fsp3) is 0.857. The molecule has 2 fully saturated rings. The SMILES string of the molecule is CC1(C)/C(=C\CCCCO)[C@H]2CC[C@H]1C2. The molecule has 1 heteroatoms. The van der Waals surface area contributed by atoms with Crippen LogP contribution in [0.15, 0.2) is 11.6 Å². The molecule has 0 spiro atoms. The van der Waals surface area contributed by atoms with Crippen molar-refractivity contribution in [1.82, 2.24) is 0 Å². The molecule has 2 saturated carbocycles. The highest BCUT2D eigenvalue weighted by atomic mass is 16.2. The minimum atomic E-state index is 0.346. The fourth-order valence-corrected chi connectivity index (χ4v) is 3.62. The molecule has 2 rings (SSSR count). The van der Waals surface area contributed by atoms with Crippen molar-refractivity contribution in [3.8, 4) is 0 Å². The first-order valence-corrected chi connectivity index (χ1v) is 6.47. The standard InChI is InChI=1S/C14H24O/c1-14(2)12-8-7-11(10-12)13(14)6-4-3-5-9-15/h6,11-12,15H,3-5,7-10H2,1-2H3/b13-6-/t11-,12-/m0/s1. The van der Waals surface area contributed by atoms with Gasteiger partial charge in [-0.3, -0.25) is 0 Å². The molecule has 1 nitrogen and oxygen atoms in total. The zero-order valence-corrected chi connectivity index (χ0v) is 10.1. The van der Waals surface area contributed by atoms with Crippen LogP contribution in [-0.4, -0.2) is 11.7 Å². The number of fused-ring (bicyclic) bond motifs is 2. The van der Waals surface area contributed by atoms with Crippen LogP contribution in [0.3, 0.4) is 0 Å². The maximum absolute atomic E-state index is 8.75. The largest absolute Gasteiger partial charge is 0.396 e. The predicted molar refractivity (Wildman–Crippen MR) is 63.6 cm³/mol. The molecule has 0 heterocycles. The van der Waals surface area contributed by atoms with Crippen molar-refractivity contribution in [3.63, 3.8) is 0 Å². The van der Waals surface area contributed by atoms with Gasteiger partial charge >= 0.3 is 0 Å². The minimum Gasteiger partial charge on any atom is -0.396 e. The van der Waals surface area contributed by atoms with Gasteiger partial charge in [0.1, 0.15) is 0 Å². The van der Waals surface area contributed by atoms with Gasteiger partial charge in [0.25, 0.3) is 0 Å². The van der Waals surface area contributed by atoms with Crippen molar-refractivity contribution < 1.29 is 5.11 Å². The Bertz CT molecular complexity index is 252. The number of allylic oxidation sites excluding steroid dienone is 2. The van der Waals surface area contributed by atoms with E-state index in [1.54, 1.807) is 5.57 Å². The average molecular weight is 208 g/mol. The summed E-state index contributed by atoms with van der Waals surface area (Å²) in [4.78, 5) is 0. The highest BCUT2D eigenvalue weighted by Crippen LogP contribution is 2.59. The molecule has 0 radical (unpaired) electrons. The van der Waals surface area contributed by atoms with Gasteiger partial charge in [0.15, 0.2) is 0 Å². The van der Waals surface area contributed by atoms with Crippen molar-refractivity contribution in [2.45, 2.75) is 52.4 Å². The minimum absolute atomic E-state index is 0.346. The first-order valence-electron chi connectivity index (χ1n) is 6.47. The Morgan fingerprint density at radius 2 is 2.13 bits per heavy atom. The molecular weight excluding hydrogens is 184 g/mol. The normalized spacial score (nSPS) is 35.3. The molecule has 0 saturated heterocycles. The number of aliphatic hydroxyl groups is 1. The lowest BCUT2D eigenvalue weighted by Crippen LogP contribution is -2.22. The monoisotopic (exact) mass is 208 g/mol. The molecule has 0 aromatic heterocycles. The molecule has 15 heavy (non-hydrogen) atoms. The highest BCUT2D eigenvalue weighted by molar-refractivity contribution is 5.25. The van der Waals surface area contributed by atoms with E-state index in [1.807, 2.05) is 0 Å². The molecule has 0 amide bonds. The van der Waals surface area contributed by atoms with E-state index >= 15 is 0 Å². The maximum atomic E-state index is 8.75. The first kappa shape index (κ1) is 11.2. The summed E-state index contributed by atoms with van der Waals surface area (Å²) in [7, 11) is 0. The van der Waals surface area contributed by atoms with Crippen LogP contribution in [0.25, 0.3) is 0 Å². The van der Waals surface area contributed by atoms with Gasteiger partial charge in [0, 0.05) is 6.61 Å². The molecule has 1 N–H and O–H groups in total. The predicted octanol–water partition coefficient (Wildman–Crippen LogP) is 3.53. The fourth-order valence-electron chi connectivity index (χ4n) is 3.62. The molecule has 2 bridgehead atoms. The third-order valence-corrected chi connectivity index (χ3v) is 4.61. The number of hydrogen-bond acceptors (Lipinski definition) is 1. The van der Waals surface area contributed by atoms with E-state index < -0.39 is 0 Å². The zero-order chi connectivity index (χ0) is 10.9. The lowest BCUT2D eigenvalue weighted by molar-refractivity contribution is 0.281. The highest BCUT2D eigenvalue weighted by Gasteiger charge is 2.48.